The number of anilines is 1. The predicted octanol–water partition coefficient (Wildman–Crippen LogP) is 3.40. The van der Waals surface area contributed by atoms with Crippen molar-refractivity contribution >= 4 is 31.6 Å². The summed E-state index contributed by atoms with van der Waals surface area (Å²) in [6, 6.07) is 8.14. The summed E-state index contributed by atoms with van der Waals surface area (Å²) in [5, 5.41) is 9.60. The van der Waals surface area contributed by atoms with Gasteiger partial charge in [-0.15, -0.1) is 0 Å². The molecular formula is C13H11BrFNO3S. The van der Waals surface area contributed by atoms with E-state index in [1.807, 2.05) is 0 Å². The summed E-state index contributed by atoms with van der Waals surface area (Å²) in [5.74, 6) is -0.827. The third kappa shape index (κ3) is 2.94. The Balaban J connectivity index is 2.44. The molecule has 2 aromatic carbocycles. The lowest BCUT2D eigenvalue weighted by Crippen LogP contribution is -2.14. The molecule has 0 aromatic heterocycles. The Morgan fingerprint density at radius 2 is 1.90 bits per heavy atom. The van der Waals surface area contributed by atoms with Crippen LogP contribution in [0.1, 0.15) is 5.56 Å². The number of sulfonamides is 1. The molecule has 20 heavy (non-hydrogen) atoms. The summed E-state index contributed by atoms with van der Waals surface area (Å²) < 4.78 is 40.2. The number of phenols is 1. The summed E-state index contributed by atoms with van der Waals surface area (Å²) >= 11 is 3.00. The van der Waals surface area contributed by atoms with E-state index in [1.54, 1.807) is 6.92 Å². The van der Waals surface area contributed by atoms with Crippen molar-refractivity contribution in [1.82, 2.24) is 0 Å². The zero-order valence-corrected chi connectivity index (χ0v) is 12.8. The molecule has 0 atom stereocenters. The second kappa shape index (κ2) is 5.41. The van der Waals surface area contributed by atoms with Crippen LogP contribution in [0.15, 0.2) is 45.8 Å². The van der Waals surface area contributed by atoms with Crippen molar-refractivity contribution in [2.45, 2.75) is 11.8 Å². The van der Waals surface area contributed by atoms with Crippen LogP contribution in [-0.4, -0.2) is 13.5 Å². The SMILES string of the molecule is Cc1cc(F)c(Br)cc1NS(=O)(=O)c1ccccc1O. The monoisotopic (exact) mass is 359 g/mol. The second-order valence-corrected chi connectivity index (χ2v) is 6.66. The molecule has 106 valence electrons. The fourth-order valence-corrected chi connectivity index (χ4v) is 3.20. The molecule has 0 saturated carbocycles. The van der Waals surface area contributed by atoms with Crippen molar-refractivity contribution in [3.63, 3.8) is 0 Å². The Morgan fingerprint density at radius 3 is 2.55 bits per heavy atom. The van der Waals surface area contributed by atoms with Gasteiger partial charge in [0.1, 0.15) is 16.5 Å². The normalized spacial score (nSPS) is 11.3. The molecule has 2 aromatic rings. The zero-order valence-electron chi connectivity index (χ0n) is 10.4. The van der Waals surface area contributed by atoms with Crippen molar-refractivity contribution in [1.29, 1.82) is 0 Å². The first kappa shape index (κ1) is 14.8. The van der Waals surface area contributed by atoms with E-state index in [0.29, 0.717) is 5.56 Å². The Kier molecular flexibility index (Phi) is 4.01. The molecule has 0 aliphatic carbocycles. The van der Waals surface area contributed by atoms with Crippen LogP contribution in [0.2, 0.25) is 0 Å². The van der Waals surface area contributed by atoms with Crippen LogP contribution in [0.5, 0.6) is 5.75 Å². The first-order valence-electron chi connectivity index (χ1n) is 5.58. The average molecular weight is 360 g/mol. The number of rotatable bonds is 3. The van der Waals surface area contributed by atoms with Gasteiger partial charge in [-0.1, -0.05) is 12.1 Å². The van der Waals surface area contributed by atoms with Gasteiger partial charge in [-0.05, 0) is 52.7 Å². The number of halogens is 2. The van der Waals surface area contributed by atoms with Gasteiger partial charge in [0.15, 0.2) is 0 Å². The van der Waals surface area contributed by atoms with Gasteiger partial charge >= 0.3 is 0 Å². The molecule has 2 rings (SSSR count). The highest BCUT2D eigenvalue weighted by Gasteiger charge is 2.19. The van der Waals surface area contributed by atoms with Crippen LogP contribution in [0, 0.1) is 12.7 Å². The summed E-state index contributed by atoms with van der Waals surface area (Å²) in [6.45, 7) is 1.58. The minimum absolute atomic E-state index is 0.151. The summed E-state index contributed by atoms with van der Waals surface area (Å²) in [6.07, 6.45) is 0. The van der Waals surface area contributed by atoms with Gasteiger partial charge in [-0.3, -0.25) is 4.72 Å². The third-order valence-electron chi connectivity index (χ3n) is 2.67. The number of aryl methyl sites for hydroxylation is 1. The van der Waals surface area contributed by atoms with E-state index in [1.165, 1.54) is 36.4 Å². The molecule has 0 bridgehead atoms. The molecule has 0 saturated heterocycles. The predicted molar refractivity (Wildman–Crippen MR) is 77.8 cm³/mol. The van der Waals surface area contributed by atoms with Gasteiger partial charge in [0.05, 0.1) is 10.2 Å². The molecule has 0 spiro atoms. The maximum Gasteiger partial charge on any atom is 0.265 e. The van der Waals surface area contributed by atoms with E-state index in [9.17, 15) is 17.9 Å². The van der Waals surface area contributed by atoms with E-state index < -0.39 is 15.8 Å². The van der Waals surface area contributed by atoms with E-state index in [2.05, 4.69) is 20.7 Å². The van der Waals surface area contributed by atoms with Crippen molar-refractivity contribution in [2.75, 3.05) is 4.72 Å². The molecule has 7 heteroatoms. The Morgan fingerprint density at radius 1 is 1.25 bits per heavy atom. The average Bonchev–Trinajstić information content (AvgIpc) is 2.36. The molecule has 0 aliphatic rings. The van der Waals surface area contributed by atoms with Crippen LogP contribution < -0.4 is 4.72 Å². The summed E-state index contributed by atoms with van der Waals surface area (Å²) in [7, 11) is -3.94. The van der Waals surface area contributed by atoms with Gasteiger partial charge in [-0.25, -0.2) is 12.8 Å². The van der Waals surface area contributed by atoms with Crippen molar-refractivity contribution in [3.05, 3.63) is 52.3 Å². The molecular weight excluding hydrogens is 349 g/mol. The lowest BCUT2D eigenvalue weighted by Gasteiger charge is -2.12. The summed E-state index contributed by atoms with van der Waals surface area (Å²) in [4.78, 5) is -0.236. The first-order valence-corrected chi connectivity index (χ1v) is 7.85. The molecule has 4 nitrogen and oxygen atoms in total. The van der Waals surface area contributed by atoms with Crippen LogP contribution in [0.4, 0.5) is 10.1 Å². The Bertz CT molecular complexity index is 762. The third-order valence-corrected chi connectivity index (χ3v) is 4.69. The van der Waals surface area contributed by atoms with Gasteiger partial charge in [0.25, 0.3) is 10.0 Å². The van der Waals surface area contributed by atoms with Crippen LogP contribution in [0.25, 0.3) is 0 Å². The highest BCUT2D eigenvalue weighted by molar-refractivity contribution is 9.10. The van der Waals surface area contributed by atoms with Gasteiger partial charge < -0.3 is 5.11 Å². The van der Waals surface area contributed by atoms with Crippen molar-refractivity contribution in [2.24, 2.45) is 0 Å². The van der Waals surface area contributed by atoms with Crippen LogP contribution in [0.3, 0.4) is 0 Å². The number of aromatic hydroxyl groups is 1. The minimum atomic E-state index is -3.94. The Labute approximate surface area is 124 Å². The minimum Gasteiger partial charge on any atom is -0.507 e. The zero-order chi connectivity index (χ0) is 14.9. The first-order chi connectivity index (χ1) is 9.31. The van der Waals surface area contributed by atoms with E-state index in [0.717, 1.165) is 0 Å². The highest BCUT2D eigenvalue weighted by Crippen LogP contribution is 2.28. The van der Waals surface area contributed by atoms with Crippen molar-refractivity contribution in [3.8, 4) is 5.75 Å². The molecule has 0 fully saturated rings. The molecule has 0 heterocycles. The van der Waals surface area contributed by atoms with Gasteiger partial charge in [-0.2, -0.15) is 0 Å². The molecule has 0 amide bonds. The standard InChI is InChI=1S/C13H11BrFNO3S/c1-8-6-10(15)9(14)7-11(8)16-20(18,19)13-5-3-2-4-12(13)17/h2-7,16-17H,1H3. The molecule has 0 unspecified atom stereocenters. The Hall–Kier alpha value is -1.60. The van der Waals surface area contributed by atoms with Crippen LogP contribution >= 0.6 is 15.9 Å². The second-order valence-electron chi connectivity index (χ2n) is 4.15. The molecule has 0 radical (unpaired) electrons. The smallest absolute Gasteiger partial charge is 0.265 e. The van der Waals surface area contributed by atoms with Gasteiger partial charge in [0, 0.05) is 0 Å². The number of para-hydroxylation sites is 1. The number of hydrogen-bond acceptors (Lipinski definition) is 3. The lowest BCUT2D eigenvalue weighted by atomic mass is 10.2. The number of nitrogens with one attached hydrogen (secondary N) is 1. The summed E-state index contributed by atoms with van der Waals surface area (Å²) in [5.41, 5.74) is 0.672. The fraction of sp³-hybridized carbons (Fsp3) is 0.0769. The highest BCUT2D eigenvalue weighted by atomic mass is 79.9. The van der Waals surface area contributed by atoms with Gasteiger partial charge in [0.2, 0.25) is 0 Å². The number of phenolic OH excluding ortho intramolecular Hbond substituents is 1. The largest absolute Gasteiger partial charge is 0.507 e. The number of hydrogen-bond donors (Lipinski definition) is 2. The maximum atomic E-state index is 13.3. The molecule has 0 aliphatic heterocycles. The molecule has 2 N–H and O–H groups in total. The van der Waals surface area contributed by atoms with E-state index in [4.69, 9.17) is 0 Å². The topological polar surface area (TPSA) is 66.4 Å². The maximum absolute atomic E-state index is 13.3. The quantitative estimate of drug-likeness (QED) is 0.882. The van der Waals surface area contributed by atoms with E-state index >= 15 is 0 Å². The van der Waals surface area contributed by atoms with E-state index in [-0.39, 0.29) is 20.8 Å². The fourth-order valence-electron chi connectivity index (χ4n) is 1.64. The lowest BCUT2D eigenvalue weighted by molar-refractivity contribution is 0.459. The number of benzene rings is 2. The van der Waals surface area contributed by atoms with Crippen LogP contribution in [-0.2, 0) is 10.0 Å². The van der Waals surface area contributed by atoms with Crippen molar-refractivity contribution < 1.29 is 17.9 Å².